The van der Waals surface area contributed by atoms with Crippen molar-refractivity contribution in [3.63, 3.8) is 0 Å². The van der Waals surface area contributed by atoms with Crippen LogP contribution in [-0.2, 0) is 4.74 Å². The van der Waals surface area contributed by atoms with Crippen molar-refractivity contribution in [2.75, 3.05) is 38.0 Å². The van der Waals surface area contributed by atoms with Gasteiger partial charge in [0.05, 0.1) is 36.9 Å². The lowest BCUT2D eigenvalue weighted by molar-refractivity contribution is 0.190. The molecule has 0 aliphatic carbocycles. The number of benzene rings is 2. The Balaban J connectivity index is 1.82. The molecule has 3 N–H and O–H groups in total. The third-order valence-electron chi connectivity index (χ3n) is 4.85. The molecule has 0 bridgehead atoms. The van der Waals surface area contributed by atoms with Crippen LogP contribution >= 0.6 is 0 Å². The largest absolute Gasteiger partial charge is 0.495 e. The standard InChI is InChI=1S/C24H29N5O3/c1-4-26-24(30)29-20-11-10-18(14-22(20)32-3)21-15-25-16-23(28-21)27-19(12-13-31-2)17-8-6-5-7-9-17/h5-11,14-16,19H,4,12-13H2,1-3H3,(H,27,28)(H2,26,29,30)/t19-/m0/s1. The predicted molar refractivity (Wildman–Crippen MR) is 126 cm³/mol. The lowest BCUT2D eigenvalue weighted by Gasteiger charge is -2.20. The molecule has 2 aromatic carbocycles. The van der Waals surface area contributed by atoms with Crippen LogP contribution in [0.1, 0.15) is 24.9 Å². The minimum absolute atomic E-state index is 0.0406. The molecule has 1 atom stereocenters. The minimum atomic E-state index is -0.285. The zero-order valence-electron chi connectivity index (χ0n) is 18.6. The van der Waals surface area contributed by atoms with Crippen LogP contribution in [0, 0.1) is 0 Å². The Hall–Kier alpha value is -3.65. The molecule has 32 heavy (non-hydrogen) atoms. The lowest BCUT2D eigenvalue weighted by atomic mass is 10.0. The maximum atomic E-state index is 11.9. The Bertz CT molecular complexity index is 1010. The number of amides is 2. The molecule has 0 saturated carbocycles. The van der Waals surface area contributed by atoms with Crippen LogP contribution in [0.2, 0.25) is 0 Å². The Morgan fingerprint density at radius 2 is 1.91 bits per heavy atom. The molecular formula is C24H29N5O3. The van der Waals surface area contributed by atoms with E-state index in [1.165, 1.54) is 0 Å². The summed E-state index contributed by atoms with van der Waals surface area (Å²) in [6.45, 7) is 3.02. The second-order valence-electron chi connectivity index (χ2n) is 7.08. The number of ether oxygens (including phenoxy) is 2. The Kier molecular flexibility index (Phi) is 8.39. The fourth-order valence-corrected chi connectivity index (χ4v) is 3.28. The number of urea groups is 1. The van der Waals surface area contributed by atoms with Gasteiger partial charge >= 0.3 is 6.03 Å². The zero-order valence-corrected chi connectivity index (χ0v) is 18.6. The van der Waals surface area contributed by atoms with Gasteiger partial charge in [0, 0.05) is 25.8 Å². The summed E-state index contributed by atoms with van der Waals surface area (Å²) < 4.78 is 10.7. The molecular weight excluding hydrogens is 406 g/mol. The van der Waals surface area contributed by atoms with Gasteiger partial charge in [-0.15, -0.1) is 0 Å². The van der Waals surface area contributed by atoms with E-state index >= 15 is 0 Å². The van der Waals surface area contributed by atoms with Crippen LogP contribution in [0.25, 0.3) is 11.3 Å². The first kappa shape index (κ1) is 23.0. The number of nitrogens with zero attached hydrogens (tertiary/aromatic N) is 2. The van der Waals surface area contributed by atoms with Crippen LogP contribution in [-0.4, -0.2) is 43.4 Å². The topological polar surface area (TPSA) is 97.4 Å². The molecule has 0 saturated heterocycles. The van der Waals surface area contributed by atoms with Crippen molar-refractivity contribution >= 4 is 17.5 Å². The van der Waals surface area contributed by atoms with Crippen molar-refractivity contribution in [3.05, 3.63) is 66.5 Å². The van der Waals surface area contributed by atoms with E-state index in [2.05, 4.69) is 33.1 Å². The average Bonchev–Trinajstić information content (AvgIpc) is 2.83. The van der Waals surface area contributed by atoms with E-state index in [-0.39, 0.29) is 12.1 Å². The van der Waals surface area contributed by atoms with Crippen LogP contribution in [0.15, 0.2) is 60.9 Å². The van der Waals surface area contributed by atoms with Gasteiger partial charge in [0.25, 0.3) is 0 Å². The number of carbonyl (C=O) groups is 1. The summed E-state index contributed by atoms with van der Waals surface area (Å²) in [5.41, 5.74) is 3.25. The molecule has 0 radical (unpaired) electrons. The summed E-state index contributed by atoms with van der Waals surface area (Å²) >= 11 is 0. The summed E-state index contributed by atoms with van der Waals surface area (Å²) in [5, 5.41) is 8.95. The average molecular weight is 436 g/mol. The molecule has 0 aliphatic heterocycles. The number of methoxy groups -OCH3 is 2. The number of carbonyl (C=O) groups excluding carboxylic acids is 1. The van der Waals surface area contributed by atoms with Gasteiger partial charge in [0.15, 0.2) is 0 Å². The first-order valence-corrected chi connectivity index (χ1v) is 10.5. The van der Waals surface area contributed by atoms with Gasteiger partial charge in [-0.05, 0) is 31.0 Å². The van der Waals surface area contributed by atoms with Gasteiger partial charge in [-0.2, -0.15) is 0 Å². The van der Waals surface area contributed by atoms with E-state index in [1.807, 2.05) is 37.3 Å². The van der Waals surface area contributed by atoms with Crippen molar-refractivity contribution in [1.29, 1.82) is 0 Å². The number of rotatable bonds is 10. The van der Waals surface area contributed by atoms with E-state index in [0.29, 0.717) is 36.1 Å². The first-order chi connectivity index (χ1) is 15.6. The molecule has 8 nitrogen and oxygen atoms in total. The Morgan fingerprint density at radius 3 is 2.62 bits per heavy atom. The van der Waals surface area contributed by atoms with Gasteiger partial charge in [-0.3, -0.25) is 4.98 Å². The molecule has 0 aliphatic rings. The maximum absolute atomic E-state index is 11.9. The normalized spacial score (nSPS) is 11.5. The van der Waals surface area contributed by atoms with Crippen LogP contribution < -0.4 is 20.7 Å². The predicted octanol–water partition coefficient (Wildman–Crippen LogP) is 4.48. The van der Waals surface area contributed by atoms with E-state index in [0.717, 1.165) is 17.5 Å². The van der Waals surface area contributed by atoms with E-state index in [1.54, 1.807) is 32.7 Å². The molecule has 0 spiro atoms. The highest BCUT2D eigenvalue weighted by molar-refractivity contribution is 5.91. The highest BCUT2D eigenvalue weighted by atomic mass is 16.5. The summed E-state index contributed by atoms with van der Waals surface area (Å²) in [4.78, 5) is 21.0. The summed E-state index contributed by atoms with van der Waals surface area (Å²) in [7, 11) is 3.26. The number of aromatic nitrogens is 2. The summed E-state index contributed by atoms with van der Waals surface area (Å²) in [6.07, 6.45) is 4.19. The van der Waals surface area contributed by atoms with Crippen molar-refractivity contribution in [2.45, 2.75) is 19.4 Å². The number of anilines is 2. The fraction of sp³-hybridized carbons (Fsp3) is 0.292. The quantitative estimate of drug-likeness (QED) is 0.434. The zero-order chi connectivity index (χ0) is 22.8. The number of hydrogen-bond donors (Lipinski definition) is 3. The Morgan fingerprint density at radius 1 is 1.09 bits per heavy atom. The van der Waals surface area contributed by atoms with Crippen molar-refractivity contribution in [3.8, 4) is 17.0 Å². The second-order valence-corrected chi connectivity index (χ2v) is 7.08. The molecule has 3 aromatic rings. The van der Waals surface area contributed by atoms with Gasteiger partial charge in [0.1, 0.15) is 11.6 Å². The molecule has 2 amide bonds. The van der Waals surface area contributed by atoms with Crippen LogP contribution in [0.3, 0.4) is 0 Å². The maximum Gasteiger partial charge on any atom is 0.319 e. The van der Waals surface area contributed by atoms with Gasteiger partial charge < -0.3 is 25.4 Å². The van der Waals surface area contributed by atoms with E-state index in [4.69, 9.17) is 14.5 Å². The molecule has 8 heteroatoms. The number of nitrogens with one attached hydrogen (secondary N) is 3. The van der Waals surface area contributed by atoms with E-state index < -0.39 is 0 Å². The third kappa shape index (κ3) is 6.18. The van der Waals surface area contributed by atoms with Crippen LogP contribution in [0.4, 0.5) is 16.3 Å². The van der Waals surface area contributed by atoms with Gasteiger partial charge in [0.2, 0.25) is 0 Å². The SMILES string of the molecule is CCNC(=O)Nc1ccc(-c2cncc(N[C@@H](CCOC)c3ccccc3)n2)cc1OC. The summed E-state index contributed by atoms with van der Waals surface area (Å²) in [5.74, 6) is 1.20. The second kappa shape index (κ2) is 11.7. The molecule has 1 aromatic heterocycles. The third-order valence-corrected chi connectivity index (χ3v) is 4.85. The van der Waals surface area contributed by atoms with E-state index in [9.17, 15) is 4.79 Å². The molecule has 1 heterocycles. The monoisotopic (exact) mass is 435 g/mol. The van der Waals surface area contributed by atoms with Gasteiger partial charge in [-0.1, -0.05) is 36.4 Å². The highest BCUT2D eigenvalue weighted by Crippen LogP contribution is 2.30. The van der Waals surface area contributed by atoms with Crippen molar-refractivity contribution < 1.29 is 14.3 Å². The molecule has 0 fully saturated rings. The smallest absolute Gasteiger partial charge is 0.319 e. The molecule has 3 rings (SSSR count). The minimum Gasteiger partial charge on any atom is -0.495 e. The number of hydrogen-bond acceptors (Lipinski definition) is 6. The van der Waals surface area contributed by atoms with Gasteiger partial charge in [-0.25, -0.2) is 9.78 Å². The van der Waals surface area contributed by atoms with Crippen molar-refractivity contribution in [2.24, 2.45) is 0 Å². The summed E-state index contributed by atoms with van der Waals surface area (Å²) in [6, 6.07) is 15.4. The Labute approximate surface area is 188 Å². The lowest BCUT2D eigenvalue weighted by Crippen LogP contribution is -2.28. The fourth-order valence-electron chi connectivity index (χ4n) is 3.28. The van der Waals surface area contributed by atoms with Crippen molar-refractivity contribution in [1.82, 2.24) is 15.3 Å². The molecule has 168 valence electrons. The molecule has 0 unspecified atom stereocenters. The first-order valence-electron chi connectivity index (χ1n) is 10.5. The highest BCUT2D eigenvalue weighted by Gasteiger charge is 2.14. The van der Waals surface area contributed by atoms with Crippen LogP contribution in [0.5, 0.6) is 5.75 Å².